The average Bonchev–Trinajstić information content (AvgIpc) is 2.16. The Morgan fingerprint density at radius 2 is 2.14 bits per heavy atom. The van der Waals surface area contributed by atoms with Crippen LogP contribution in [0.25, 0.3) is 10.8 Å². The van der Waals surface area contributed by atoms with Gasteiger partial charge in [0.05, 0.1) is 12.5 Å². The zero-order chi connectivity index (χ0) is 10.1. The Morgan fingerprint density at radius 1 is 1.36 bits per heavy atom. The molecule has 0 amide bonds. The Bertz CT molecular complexity index is 528. The number of aromatic nitrogens is 1. The van der Waals surface area contributed by atoms with E-state index in [4.69, 9.17) is 4.74 Å². The molecule has 0 bridgehead atoms. The molecule has 0 saturated carbocycles. The highest BCUT2D eigenvalue weighted by atomic mass is 16.5. The second kappa shape index (κ2) is 3.18. The fourth-order valence-corrected chi connectivity index (χ4v) is 1.59. The topological polar surface area (TPSA) is 42.1 Å². The number of aryl methyl sites for hydroxylation is 1. The van der Waals surface area contributed by atoms with E-state index in [1.807, 2.05) is 25.1 Å². The molecule has 0 aliphatic carbocycles. The summed E-state index contributed by atoms with van der Waals surface area (Å²) in [5.41, 5.74) is 0.758. The van der Waals surface area contributed by atoms with Crippen molar-refractivity contribution in [3.05, 3.63) is 40.3 Å². The minimum absolute atomic E-state index is 0.0996. The van der Waals surface area contributed by atoms with Crippen LogP contribution in [0, 0.1) is 6.92 Å². The molecule has 1 aromatic heterocycles. The van der Waals surface area contributed by atoms with Gasteiger partial charge < -0.3 is 9.72 Å². The van der Waals surface area contributed by atoms with Gasteiger partial charge in [0.25, 0.3) is 5.56 Å². The van der Waals surface area contributed by atoms with Gasteiger partial charge in [-0.25, -0.2) is 0 Å². The Balaban J connectivity index is 2.94. The molecule has 2 aromatic rings. The molecule has 1 heterocycles. The molecule has 0 radical (unpaired) electrons. The highest BCUT2D eigenvalue weighted by molar-refractivity contribution is 5.87. The Labute approximate surface area is 81.3 Å². The molecule has 2 rings (SSSR count). The number of aromatic amines is 1. The summed E-state index contributed by atoms with van der Waals surface area (Å²) in [6.45, 7) is 1.86. The largest absolute Gasteiger partial charge is 0.496 e. The van der Waals surface area contributed by atoms with Gasteiger partial charge in [-0.15, -0.1) is 0 Å². The van der Waals surface area contributed by atoms with Crippen LogP contribution in [0.4, 0.5) is 0 Å². The number of H-pyrrole nitrogens is 1. The third-order valence-corrected chi connectivity index (χ3v) is 2.19. The van der Waals surface area contributed by atoms with E-state index in [1.54, 1.807) is 13.2 Å². The molecular formula is C11H11NO2. The summed E-state index contributed by atoms with van der Waals surface area (Å²) in [6, 6.07) is 7.49. The predicted octanol–water partition coefficient (Wildman–Crippen LogP) is 1.85. The number of benzene rings is 1. The maximum absolute atomic E-state index is 11.6. The SMILES string of the molecule is COc1cccc2cc(C)[nH]c(=O)c12. The van der Waals surface area contributed by atoms with Crippen molar-refractivity contribution in [3.63, 3.8) is 0 Å². The number of hydrogen-bond donors (Lipinski definition) is 1. The second-order valence-electron chi connectivity index (χ2n) is 3.21. The number of fused-ring (bicyclic) bond motifs is 1. The van der Waals surface area contributed by atoms with Crippen molar-refractivity contribution in [3.8, 4) is 5.75 Å². The molecule has 0 unspecified atom stereocenters. The number of rotatable bonds is 1. The Kier molecular flexibility index (Phi) is 2.00. The fraction of sp³-hybridized carbons (Fsp3) is 0.182. The smallest absolute Gasteiger partial charge is 0.259 e. The number of nitrogens with one attached hydrogen (secondary N) is 1. The zero-order valence-corrected chi connectivity index (χ0v) is 8.13. The van der Waals surface area contributed by atoms with Gasteiger partial charge in [0.15, 0.2) is 0 Å². The standard InChI is InChI=1S/C11H11NO2/c1-7-6-8-4-3-5-9(14-2)10(8)11(13)12-7/h3-6H,1-2H3,(H,12,13). The molecule has 0 saturated heterocycles. The molecule has 0 aliphatic rings. The van der Waals surface area contributed by atoms with Crippen LogP contribution in [0.2, 0.25) is 0 Å². The quantitative estimate of drug-likeness (QED) is 0.743. The summed E-state index contributed by atoms with van der Waals surface area (Å²) in [6.07, 6.45) is 0. The van der Waals surface area contributed by atoms with Crippen molar-refractivity contribution >= 4 is 10.8 Å². The second-order valence-corrected chi connectivity index (χ2v) is 3.21. The molecule has 72 valence electrons. The summed E-state index contributed by atoms with van der Waals surface area (Å²) < 4.78 is 5.13. The third kappa shape index (κ3) is 1.27. The lowest BCUT2D eigenvalue weighted by molar-refractivity contribution is 0.419. The van der Waals surface area contributed by atoms with E-state index in [9.17, 15) is 4.79 Å². The molecule has 3 nitrogen and oxygen atoms in total. The number of ether oxygens (including phenoxy) is 1. The molecule has 1 N–H and O–H groups in total. The number of methoxy groups -OCH3 is 1. The molecule has 0 spiro atoms. The van der Waals surface area contributed by atoms with Crippen molar-refractivity contribution in [1.82, 2.24) is 4.98 Å². The van der Waals surface area contributed by atoms with Crippen molar-refractivity contribution in [2.45, 2.75) is 6.92 Å². The van der Waals surface area contributed by atoms with E-state index < -0.39 is 0 Å². The maximum atomic E-state index is 11.6. The van der Waals surface area contributed by atoms with Gasteiger partial charge in [-0.1, -0.05) is 12.1 Å². The summed E-state index contributed by atoms with van der Waals surface area (Å²) >= 11 is 0. The first-order valence-corrected chi connectivity index (χ1v) is 4.39. The van der Waals surface area contributed by atoms with Crippen molar-refractivity contribution in [2.24, 2.45) is 0 Å². The van der Waals surface area contributed by atoms with Crippen molar-refractivity contribution < 1.29 is 4.74 Å². The first-order chi connectivity index (χ1) is 6.72. The maximum Gasteiger partial charge on any atom is 0.259 e. The van der Waals surface area contributed by atoms with Gasteiger partial charge >= 0.3 is 0 Å². The molecular weight excluding hydrogens is 178 g/mol. The van der Waals surface area contributed by atoms with Gasteiger partial charge in [-0.05, 0) is 24.4 Å². The summed E-state index contributed by atoms with van der Waals surface area (Å²) in [5.74, 6) is 0.615. The Morgan fingerprint density at radius 3 is 2.86 bits per heavy atom. The van der Waals surface area contributed by atoms with E-state index in [2.05, 4.69) is 4.98 Å². The molecule has 3 heteroatoms. The monoisotopic (exact) mass is 189 g/mol. The normalized spacial score (nSPS) is 10.4. The van der Waals surface area contributed by atoms with Crippen LogP contribution in [0.1, 0.15) is 5.69 Å². The number of hydrogen-bond acceptors (Lipinski definition) is 2. The molecule has 0 atom stereocenters. The third-order valence-electron chi connectivity index (χ3n) is 2.19. The average molecular weight is 189 g/mol. The lowest BCUT2D eigenvalue weighted by atomic mass is 10.1. The first kappa shape index (κ1) is 8.81. The van der Waals surface area contributed by atoms with Gasteiger partial charge in [0.2, 0.25) is 0 Å². The van der Waals surface area contributed by atoms with Crippen LogP contribution in [-0.2, 0) is 0 Å². The highest BCUT2D eigenvalue weighted by Gasteiger charge is 2.05. The van der Waals surface area contributed by atoms with Gasteiger partial charge in [-0.2, -0.15) is 0 Å². The zero-order valence-electron chi connectivity index (χ0n) is 8.13. The minimum atomic E-state index is -0.0996. The van der Waals surface area contributed by atoms with Gasteiger partial charge in [-0.3, -0.25) is 4.79 Å². The van der Waals surface area contributed by atoms with Crippen LogP contribution in [-0.4, -0.2) is 12.1 Å². The van der Waals surface area contributed by atoms with E-state index in [0.717, 1.165) is 11.1 Å². The van der Waals surface area contributed by atoms with Gasteiger partial charge in [0, 0.05) is 5.69 Å². The van der Waals surface area contributed by atoms with Crippen molar-refractivity contribution in [2.75, 3.05) is 7.11 Å². The fourth-order valence-electron chi connectivity index (χ4n) is 1.59. The van der Waals surface area contributed by atoms with E-state index in [0.29, 0.717) is 11.1 Å². The van der Waals surface area contributed by atoms with Crippen LogP contribution < -0.4 is 10.3 Å². The summed E-state index contributed by atoms with van der Waals surface area (Å²) in [5, 5.41) is 1.52. The van der Waals surface area contributed by atoms with Crippen LogP contribution in [0.3, 0.4) is 0 Å². The van der Waals surface area contributed by atoms with Crippen molar-refractivity contribution in [1.29, 1.82) is 0 Å². The van der Waals surface area contributed by atoms with Crippen LogP contribution in [0.5, 0.6) is 5.75 Å². The lowest BCUT2D eigenvalue weighted by Gasteiger charge is -2.04. The highest BCUT2D eigenvalue weighted by Crippen LogP contribution is 2.21. The van der Waals surface area contributed by atoms with E-state index in [-0.39, 0.29) is 5.56 Å². The molecule has 1 aromatic carbocycles. The van der Waals surface area contributed by atoms with Gasteiger partial charge in [0.1, 0.15) is 5.75 Å². The Hall–Kier alpha value is -1.77. The van der Waals surface area contributed by atoms with E-state index >= 15 is 0 Å². The molecule has 14 heavy (non-hydrogen) atoms. The summed E-state index contributed by atoms with van der Waals surface area (Å²) in [7, 11) is 1.56. The molecule has 0 fully saturated rings. The number of pyridine rings is 1. The van der Waals surface area contributed by atoms with E-state index in [1.165, 1.54) is 0 Å². The summed E-state index contributed by atoms with van der Waals surface area (Å²) in [4.78, 5) is 14.4. The van der Waals surface area contributed by atoms with Crippen LogP contribution >= 0.6 is 0 Å². The predicted molar refractivity (Wildman–Crippen MR) is 55.9 cm³/mol. The minimum Gasteiger partial charge on any atom is -0.496 e. The molecule has 0 aliphatic heterocycles. The first-order valence-electron chi connectivity index (χ1n) is 4.39. The van der Waals surface area contributed by atoms with Crippen LogP contribution in [0.15, 0.2) is 29.1 Å². The lowest BCUT2D eigenvalue weighted by Crippen LogP contribution is -2.08.